The van der Waals surface area contributed by atoms with E-state index >= 15 is 0 Å². The minimum absolute atomic E-state index is 0.180. The first-order valence-corrected chi connectivity index (χ1v) is 11.4. The minimum atomic E-state index is -0.358. The average Bonchev–Trinajstić information content (AvgIpc) is 2.86. The van der Waals surface area contributed by atoms with Crippen molar-refractivity contribution in [3.05, 3.63) is 84.4 Å². The first-order valence-electron chi connectivity index (χ1n) is 11.0. The quantitative estimate of drug-likeness (QED) is 0.288. The van der Waals surface area contributed by atoms with E-state index in [9.17, 15) is 4.79 Å². The van der Waals surface area contributed by atoms with E-state index in [1.54, 1.807) is 24.3 Å². The standard InChI is InChI=1S/C26H28N2O5S/c1-2-30-16-17-33-24-11-7-6-10-23(24)25(29)28-26(34)27-20-12-14-22(15-13-20)32-19-18-31-21-8-4-3-5-9-21/h3-15H,2,16-19H2,1H3,(H2,27,28,29,34). The summed E-state index contributed by atoms with van der Waals surface area (Å²) in [4.78, 5) is 12.7. The number of hydrogen-bond acceptors (Lipinski definition) is 6. The molecule has 7 nitrogen and oxygen atoms in total. The van der Waals surface area contributed by atoms with Crippen LogP contribution < -0.4 is 24.8 Å². The third-order valence-corrected chi connectivity index (χ3v) is 4.73. The van der Waals surface area contributed by atoms with Crippen molar-refractivity contribution in [1.82, 2.24) is 5.32 Å². The molecule has 0 aromatic heterocycles. The molecule has 3 aromatic rings. The number of nitrogens with one attached hydrogen (secondary N) is 2. The van der Waals surface area contributed by atoms with Gasteiger partial charge in [0.15, 0.2) is 5.11 Å². The van der Waals surface area contributed by atoms with E-state index in [2.05, 4.69) is 10.6 Å². The van der Waals surface area contributed by atoms with Gasteiger partial charge in [-0.1, -0.05) is 30.3 Å². The fourth-order valence-electron chi connectivity index (χ4n) is 2.94. The predicted molar refractivity (Wildman–Crippen MR) is 136 cm³/mol. The average molecular weight is 481 g/mol. The lowest BCUT2D eigenvalue weighted by Gasteiger charge is -2.13. The Hall–Kier alpha value is -3.62. The summed E-state index contributed by atoms with van der Waals surface area (Å²) in [6.07, 6.45) is 0. The Morgan fingerprint density at radius 1 is 0.765 bits per heavy atom. The third kappa shape index (κ3) is 8.38. The Bertz CT molecular complexity index is 1040. The molecule has 0 spiro atoms. The summed E-state index contributed by atoms with van der Waals surface area (Å²) >= 11 is 5.29. The number of thiocarbonyl (C=S) groups is 1. The van der Waals surface area contributed by atoms with Crippen molar-refractivity contribution in [1.29, 1.82) is 0 Å². The number of carbonyl (C=O) groups is 1. The molecule has 3 aromatic carbocycles. The molecule has 3 rings (SSSR count). The summed E-state index contributed by atoms with van der Waals surface area (Å²) in [5.41, 5.74) is 1.11. The van der Waals surface area contributed by atoms with Crippen LogP contribution in [0.15, 0.2) is 78.9 Å². The molecule has 34 heavy (non-hydrogen) atoms. The van der Waals surface area contributed by atoms with E-state index < -0.39 is 0 Å². The third-order valence-electron chi connectivity index (χ3n) is 4.52. The minimum Gasteiger partial charge on any atom is -0.490 e. The number of benzene rings is 3. The van der Waals surface area contributed by atoms with Crippen LogP contribution in [0.1, 0.15) is 17.3 Å². The van der Waals surface area contributed by atoms with Crippen LogP contribution in [0.2, 0.25) is 0 Å². The van der Waals surface area contributed by atoms with E-state index in [4.69, 9.17) is 31.2 Å². The molecule has 1 amide bonds. The zero-order chi connectivity index (χ0) is 24.0. The van der Waals surface area contributed by atoms with Crippen LogP contribution >= 0.6 is 12.2 Å². The maximum Gasteiger partial charge on any atom is 0.261 e. The lowest BCUT2D eigenvalue weighted by atomic mass is 10.2. The van der Waals surface area contributed by atoms with Crippen molar-refractivity contribution in [2.24, 2.45) is 0 Å². The van der Waals surface area contributed by atoms with Crippen molar-refractivity contribution in [3.8, 4) is 17.2 Å². The molecular weight excluding hydrogens is 452 g/mol. The van der Waals surface area contributed by atoms with Gasteiger partial charge in [0.25, 0.3) is 5.91 Å². The normalized spacial score (nSPS) is 10.3. The van der Waals surface area contributed by atoms with Crippen molar-refractivity contribution in [3.63, 3.8) is 0 Å². The van der Waals surface area contributed by atoms with Crippen LogP contribution in [-0.2, 0) is 4.74 Å². The van der Waals surface area contributed by atoms with Gasteiger partial charge in [-0.05, 0) is 67.7 Å². The van der Waals surface area contributed by atoms with Crippen molar-refractivity contribution >= 4 is 28.9 Å². The number of carbonyl (C=O) groups excluding carboxylic acids is 1. The summed E-state index contributed by atoms with van der Waals surface area (Å²) < 4.78 is 22.2. The van der Waals surface area contributed by atoms with Crippen molar-refractivity contribution in [2.75, 3.05) is 38.4 Å². The van der Waals surface area contributed by atoms with Crippen molar-refractivity contribution < 1.29 is 23.7 Å². The molecule has 0 aliphatic heterocycles. The van der Waals surface area contributed by atoms with Gasteiger partial charge in [-0.2, -0.15) is 0 Å². The second-order valence-corrected chi connectivity index (χ2v) is 7.39. The largest absolute Gasteiger partial charge is 0.490 e. The summed E-state index contributed by atoms with van der Waals surface area (Å²) in [7, 11) is 0. The van der Waals surface area contributed by atoms with Gasteiger partial charge in [-0.3, -0.25) is 10.1 Å². The second kappa shape index (κ2) is 13.8. The van der Waals surface area contributed by atoms with Crippen LogP contribution in [0.4, 0.5) is 5.69 Å². The molecular formula is C26H28N2O5S. The number of para-hydroxylation sites is 2. The van der Waals surface area contributed by atoms with Crippen LogP contribution in [0.3, 0.4) is 0 Å². The molecule has 8 heteroatoms. The zero-order valence-corrected chi connectivity index (χ0v) is 19.8. The Morgan fingerprint density at radius 3 is 2.09 bits per heavy atom. The summed E-state index contributed by atoms with van der Waals surface area (Å²) in [5, 5.41) is 5.86. The second-order valence-electron chi connectivity index (χ2n) is 6.98. The highest BCUT2D eigenvalue weighted by molar-refractivity contribution is 7.80. The lowest BCUT2D eigenvalue weighted by Crippen LogP contribution is -2.34. The number of rotatable bonds is 12. The maximum atomic E-state index is 12.7. The molecule has 0 radical (unpaired) electrons. The van der Waals surface area contributed by atoms with Crippen molar-refractivity contribution in [2.45, 2.75) is 6.92 Å². The van der Waals surface area contributed by atoms with E-state index in [1.807, 2.05) is 61.5 Å². The predicted octanol–water partition coefficient (Wildman–Crippen LogP) is 4.69. The summed E-state index contributed by atoms with van der Waals surface area (Å²) in [5.74, 6) is 1.62. The first kappa shape index (κ1) is 25.0. The van der Waals surface area contributed by atoms with Crippen LogP contribution in [-0.4, -0.2) is 44.1 Å². The topological polar surface area (TPSA) is 78.1 Å². The van der Waals surface area contributed by atoms with Gasteiger partial charge in [0, 0.05) is 12.3 Å². The van der Waals surface area contributed by atoms with Crippen LogP contribution in [0, 0.1) is 0 Å². The lowest BCUT2D eigenvalue weighted by molar-refractivity contribution is 0.0958. The summed E-state index contributed by atoms with van der Waals surface area (Å²) in [6.45, 7) is 4.19. The molecule has 0 heterocycles. The molecule has 0 atom stereocenters. The fraction of sp³-hybridized carbons (Fsp3) is 0.231. The first-order chi connectivity index (χ1) is 16.7. The van der Waals surface area contributed by atoms with Gasteiger partial charge in [0.2, 0.25) is 0 Å². The van der Waals surface area contributed by atoms with E-state index in [1.165, 1.54) is 0 Å². The molecule has 0 saturated heterocycles. The molecule has 178 valence electrons. The fourth-order valence-corrected chi connectivity index (χ4v) is 3.15. The SMILES string of the molecule is CCOCCOc1ccccc1C(=O)NC(=S)Nc1ccc(OCCOc2ccccc2)cc1. The highest BCUT2D eigenvalue weighted by Gasteiger charge is 2.13. The number of hydrogen-bond donors (Lipinski definition) is 2. The Labute approximate surface area is 205 Å². The molecule has 2 N–H and O–H groups in total. The molecule has 0 unspecified atom stereocenters. The molecule has 0 fully saturated rings. The Morgan fingerprint density at radius 2 is 1.38 bits per heavy atom. The van der Waals surface area contributed by atoms with Gasteiger partial charge in [0.05, 0.1) is 12.2 Å². The van der Waals surface area contributed by atoms with E-state index in [0.29, 0.717) is 50.1 Å². The zero-order valence-electron chi connectivity index (χ0n) is 19.0. The number of anilines is 1. The number of ether oxygens (including phenoxy) is 4. The molecule has 0 saturated carbocycles. The Balaban J connectivity index is 1.43. The summed E-state index contributed by atoms with van der Waals surface area (Å²) in [6, 6.07) is 23.8. The van der Waals surface area contributed by atoms with Gasteiger partial charge >= 0.3 is 0 Å². The molecule has 0 bridgehead atoms. The van der Waals surface area contributed by atoms with Crippen LogP contribution in [0.25, 0.3) is 0 Å². The van der Waals surface area contributed by atoms with Gasteiger partial charge in [-0.25, -0.2) is 0 Å². The highest BCUT2D eigenvalue weighted by atomic mass is 32.1. The monoisotopic (exact) mass is 480 g/mol. The molecule has 0 aliphatic carbocycles. The number of amides is 1. The van der Waals surface area contributed by atoms with E-state index in [0.717, 1.165) is 11.4 Å². The van der Waals surface area contributed by atoms with E-state index in [-0.39, 0.29) is 11.0 Å². The van der Waals surface area contributed by atoms with Gasteiger partial charge in [0.1, 0.15) is 37.1 Å². The van der Waals surface area contributed by atoms with Gasteiger partial charge < -0.3 is 24.3 Å². The smallest absolute Gasteiger partial charge is 0.261 e. The van der Waals surface area contributed by atoms with Gasteiger partial charge in [-0.15, -0.1) is 0 Å². The molecule has 0 aliphatic rings. The Kier molecular flexibility index (Phi) is 10.2. The van der Waals surface area contributed by atoms with Crippen LogP contribution in [0.5, 0.6) is 17.2 Å². The highest BCUT2D eigenvalue weighted by Crippen LogP contribution is 2.19. The maximum absolute atomic E-state index is 12.7.